The number of halogens is 1. The van der Waals surface area contributed by atoms with Crippen LogP contribution in [0.5, 0.6) is 0 Å². The van der Waals surface area contributed by atoms with Crippen molar-refractivity contribution in [2.75, 3.05) is 18.0 Å². The SMILES string of the molecule is O=[N+]([O-])c1ccc(N2C(=S)N3CCCN3C2c2ccc(Cl)cc2)cc1. The predicted octanol–water partition coefficient (Wildman–Crippen LogP) is 3.97. The second-order valence-corrected chi connectivity index (χ2v) is 6.79. The number of nitrogens with zero attached hydrogens (tertiary/aromatic N) is 4. The second-order valence-electron chi connectivity index (χ2n) is 5.99. The van der Waals surface area contributed by atoms with Crippen LogP contribution in [-0.2, 0) is 0 Å². The maximum atomic E-state index is 10.9. The molecule has 0 spiro atoms. The molecule has 6 nitrogen and oxygen atoms in total. The van der Waals surface area contributed by atoms with Crippen LogP contribution in [0.3, 0.4) is 0 Å². The number of anilines is 1. The molecule has 2 saturated heterocycles. The van der Waals surface area contributed by atoms with Gasteiger partial charge in [0, 0.05) is 35.9 Å². The van der Waals surface area contributed by atoms with Gasteiger partial charge in [-0.3, -0.25) is 20.0 Å². The highest BCUT2D eigenvalue weighted by molar-refractivity contribution is 7.80. The summed E-state index contributed by atoms with van der Waals surface area (Å²) in [7, 11) is 0. The number of benzene rings is 2. The van der Waals surface area contributed by atoms with Crippen molar-refractivity contribution in [3.05, 3.63) is 69.2 Å². The number of hydrogen-bond acceptors (Lipinski definition) is 4. The van der Waals surface area contributed by atoms with Crippen LogP contribution >= 0.6 is 23.8 Å². The van der Waals surface area contributed by atoms with Crippen molar-refractivity contribution in [2.45, 2.75) is 12.6 Å². The van der Waals surface area contributed by atoms with Crippen LogP contribution in [0, 0.1) is 10.1 Å². The minimum absolute atomic E-state index is 0.0673. The van der Waals surface area contributed by atoms with Gasteiger partial charge in [-0.1, -0.05) is 23.7 Å². The van der Waals surface area contributed by atoms with E-state index in [1.165, 1.54) is 12.1 Å². The molecule has 25 heavy (non-hydrogen) atoms. The summed E-state index contributed by atoms with van der Waals surface area (Å²) in [5.41, 5.74) is 1.98. The Balaban J connectivity index is 1.76. The van der Waals surface area contributed by atoms with Crippen molar-refractivity contribution in [1.29, 1.82) is 0 Å². The molecule has 0 radical (unpaired) electrons. The number of nitro groups is 1. The van der Waals surface area contributed by atoms with Crippen molar-refractivity contribution in [3.63, 3.8) is 0 Å². The van der Waals surface area contributed by atoms with Gasteiger partial charge < -0.3 is 0 Å². The van der Waals surface area contributed by atoms with Gasteiger partial charge in [0.15, 0.2) is 5.11 Å². The Labute approximate surface area is 155 Å². The topological polar surface area (TPSA) is 52.9 Å². The summed E-state index contributed by atoms with van der Waals surface area (Å²) in [5, 5.41) is 16.7. The molecule has 0 N–H and O–H groups in total. The van der Waals surface area contributed by atoms with Crippen LogP contribution in [-0.4, -0.2) is 33.1 Å². The number of fused-ring (bicyclic) bond motifs is 1. The van der Waals surface area contributed by atoms with Crippen LogP contribution in [0.1, 0.15) is 18.2 Å². The minimum atomic E-state index is -0.398. The molecule has 8 heteroatoms. The number of rotatable bonds is 3. The van der Waals surface area contributed by atoms with Gasteiger partial charge in [0.2, 0.25) is 0 Å². The van der Waals surface area contributed by atoms with Crippen molar-refractivity contribution in [1.82, 2.24) is 10.0 Å². The lowest BCUT2D eigenvalue weighted by atomic mass is 10.1. The number of hydrogen-bond donors (Lipinski definition) is 0. The Morgan fingerprint density at radius 3 is 2.40 bits per heavy atom. The largest absolute Gasteiger partial charge is 0.296 e. The Bertz CT molecular complexity index is 828. The normalized spacial score (nSPS) is 20.2. The molecule has 0 aromatic heterocycles. The summed E-state index contributed by atoms with van der Waals surface area (Å²) in [4.78, 5) is 12.6. The smallest absolute Gasteiger partial charge is 0.269 e. The number of thiocarbonyl (C=S) groups is 1. The fourth-order valence-electron chi connectivity index (χ4n) is 3.40. The Kier molecular flexibility index (Phi) is 4.07. The molecular formula is C17H15ClN4O2S. The van der Waals surface area contributed by atoms with Crippen molar-refractivity contribution >= 4 is 40.3 Å². The highest BCUT2D eigenvalue weighted by Gasteiger charge is 2.45. The molecule has 2 aliphatic rings. The van der Waals surface area contributed by atoms with E-state index < -0.39 is 4.92 Å². The monoisotopic (exact) mass is 374 g/mol. The molecule has 0 bridgehead atoms. The standard InChI is InChI=1S/C17H15ClN4O2S/c18-13-4-2-12(3-5-13)16-19-10-1-11-20(19)17(25)21(16)14-6-8-15(9-7-14)22(23)24/h2-9,16H,1,10-11H2. The third-order valence-corrected chi connectivity index (χ3v) is 5.19. The predicted molar refractivity (Wildman–Crippen MR) is 100 cm³/mol. The molecule has 2 fully saturated rings. The zero-order valence-corrected chi connectivity index (χ0v) is 14.8. The van der Waals surface area contributed by atoms with Crippen LogP contribution in [0.2, 0.25) is 5.02 Å². The van der Waals surface area contributed by atoms with Crippen LogP contribution in [0.15, 0.2) is 48.5 Å². The van der Waals surface area contributed by atoms with Crippen molar-refractivity contribution in [3.8, 4) is 0 Å². The summed E-state index contributed by atoms with van der Waals surface area (Å²) in [6.45, 7) is 1.79. The molecule has 2 aliphatic heterocycles. The van der Waals surface area contributed by atoms with Gasteiger partial charge in [0.1, 0.15) is 6.17 Å². The number of nitro benzene ring substituents is 1. The van der Waals surface area contributed by atoms with Gasteiger partial charge >= 0.3 is 0 Å². The first kappa shape index (κ1) is 16.3. The highest BCUT2D eigenvalue weighted by atomic mass is 35.5. The van der Waals surface area contributed by atoms with E-state index in [4.69, 9.17) is 23.8 Å². The van der Waals surface area contributed by atoms with E-state index in [2.05, 4.69) is 10.0 Å². The zero-order chi connectivity index (χ0) is 17.6. The second kappa shape index (κ2) is 6.25. The van der Waals surface area contributed by atoms with Crippen LogP contribution in [0.4, 0.5) is 11.4 Å². The summed E-state index contributed by atoms with van der Waals surface area (Å²) in [5.74, 6) is 0. The van der Waals surface area contributed by atoms with Crippen LogP contribution in [0.25, 0.3) is 0 Å². The first-order valence-corrected chi connectivity index (χ1v) is 8.72. The molecule has 0 saturated carbocycles. The molecule has 4 rings (SSSR count). The summed E-state index contributed by atoms with van der Waals surface area (Å²) in [6, 6.07) is 14.2. The lowest BCUT2D eigenvalue weighted by Gasteiger charge is -2.28. The fourth-order valence-corrected chi connectivity index (χ4v) is 3.92. The van der Waals surface area contributed by atoms with E-state index in [1.807, 2.05) is 29.2 Å². The first-order valence-electron chi connectivity index (χ1n) is 7.93. The van der Waals surface area contributed by atoms with E-state index in [0.29, 0.717) is 10.1 Å². The molecule has 0 aliphatic carbocycles. The maximum Gasteiger partial charge on any atom is 0.269 e. The van der Waals surface area contributed by atoms with E-state index in [1.54, 1.807) is 12.1 Å². The van der Waals surface area contributed by atoms with E-state index >= 15 is 0 Å². The molecular weight excluding hydrogens is 360 g/mol. The van der Waals surface area contributed by atoms with Crippen molar-refractivity contribution < 1.29 is 4.92 Å². The highest BCUT2D eigenvalue weighted by Crippen LogP contribution is 2.41. The molecule has 2 aromatic carbocycles. The maximum absolute atomic E-state index is 10.9. The Morgan fingerprint density at radius 1 is 1.08 bits per heavy atom. The van der Waals surface area contributed by atoms with E-state index in [0.717, 1.165) is 30.8 Å². The van der Waals surface area contributed by atoms with Gasteiger partial charge in [-0.15, -0.1) is 0 Å². The molecule has 0 amide bonds. The van der Waals surface area contributed by atoms with Crippen LogP contribution < -0.4 is 4.90 Å². The third-order valence-electron chi connectivity index (χ3n) is 4.53. The number of non-ortho nitro benzene ring substituents is 1. The third kappa shape index (κ3) is 2.74. The number of hydrazine groups is 1. The fraction of sp³-hybridized carbons (Fsp3) is 0.235. The molecule has 1 unspecified atom stereocenters. The molecule has 2 aromatic rings. The van der Waals surface area contributed by atoms with Gasteiger partial charge in [0.25, 0.3) is 5.69 Å². The van der Waals surface area contributed by atoms with Gasteiger partial charge in [-0.2, -0.15) is 5.01 Å². The van der Waals surface area contributed by atoms with Gasteiger partial charge in [-0.25, -0.2) is 0 Å². The average Bonchev–Trinajstić information content (AvgIpc) is 3.18. The minimum Gasteiger partial charge on any atom is -0.296 e. The van der Waals surface area contributed by atoms with E-state index in [9.17, 15) is 10.1 Å². The van der Waals surface area contributed by atoms with E-state index in [-0.39, 0.29) is 11.9 Å². The quantitative estimate of drug-likeness (QED) is 0.460. The Hall–Kier alpha value is -2.22. The first-order chi connectivity index (χ1) is 12.1. The lowest BCUT2D eigenvalue weighted by Crippen LogP contribution is -2.32. The summed E-state index contributed by atoms with van der Waals surface area (Å²) < 4.78 is 0. The van der Waals surface area contributed by atoms with Gasteiger partial charge in [0.05, 0.1) is 4.92 Å². The summed E-state index contributed by atoms with van der Waals surface area (Å²) in [6.07, 6.45) is 0.979. The zero-order valence-electron chi connectivity index (χ0n) is 13.2. The molecule has 2 heterocycles. The lowest BCUT2D eigenvalue weighted by molar-refractivity contribution is -0.384. The van der Waals surface area contributed by atoms with Gasteiger partial charge in [-0.05, 0) is 48.5 Å². The van der Waals surface area contributed by atoms with Crippen molar-refractivity contribution in [2.24, 2.45) is 0 Å². The Morgan fingerprint density at radius 2 is 1.76 bits per heavy atom. The molecule has 1 atom stereocenters. The average molecular weight is 375 g/mol. The molecule has 128 valence electrons. The summed E-state index contributed by atoms with van der Waals surface area (Å²) >= 11 is 11.7.